The van der Waals surface area contributed by atoms with Crippen molar-refractivity contribution in [3.63, 3.8) is 0 Å². The first-order chi connectivity index (χ1) is 7.68. The molecule has 0 heterocycles. The van der Waals surface area contributed by atoms with Gasteiger partial charge in [0.25, 0.3) is 0 Å². The normalized spacial score (nSPS) is 19.8. The number of likely N-dealkylation sites (N-methyl/N-ethyl adjacent to an activating group) is 1. The molecule has 2 atom stereocenters. The summed E-state index contributed by atoms with van der Waals surface area (Å²) in [6.45, 7) is 3.42. The first-order valence-electron chi connectivity index (χ1n) is 6.19. The van der Waals surface area contributed by atoms with Crippen LogP contribution >= 0.6 is 0 Å². The Balaban J connectivity index is 1.94. The van der Waals surface area contributed by atoms with Crippen LogP contribution in [0, 0.1) is 5.92 Å². The van der Waals surface area contributed by atoms with Gasteiger partial charge in [-0.05, 0) is 38.3 Å². The summed E-state index contributed by atoms with van der Waals surface area (Å²) in [5.74, 6) is 0.926. The number of nitrogens with two attached hydrogens (primary N) is 1. The lowest BCUT2D eigenvalue weighted by molar-refractivity contribution is 0.218. The molecule has 0 spiro atoms. The van der Waals surface area contributed by atoms with Crippen molar-refractivity contribution in [1.82, 2.24) is 4.90 Å². The Kier molecular flexibility index (Phi) is 3.62. The highest BCUT2D eigenvalue weighted by Gasteiger charge is 2.26. The van der Waals surface area contributed by atoms with Crippen LogP contribution in [0.1, 0.15) is 31.4 Å². The predicted molar refractivity (Wildman–Crippen MR) is 68.2 cm³/mol. The lowest BCUT2D eigenvalue weighted by Crippen LogP contribution is -2.39. The maximum Gasteiger partial charge on any atom is 0.0450 e. The molecular weight excluding hydrogens is 196 g/mol. The quantitative estimate of drug-likeness (QED) is 0.822. The Morgan fingerprint density at radius 1 is 1.31 bits per heavy atom. The molecule has 2 nitrogen and oxygen atoms in total. The van der Waals surface area contributed by atoms with Crippen molar-refractivity contribution in [1.29, 1.82) is 0 Å². The average molecular weight is 218 g/mol. The molecule has 88 valence electrons. The molecule has 1 aromatic rings. The lowest BCUT2D eigenvalue weighted by atomic mass is 10.0. The minimum absolute atomic E-state index is 0.116. The van der Waals surface area contributed by atoms with E-state index < -0.39 is 0 Å². The standard InChI is InChI=1S/C14H22N2/c1-11(16(2)10-12-8-9-12)14(15)13-6-4-3-5-7-13/h3-7,11-12,14H,8-10,15H2,1-2H3. The van der Waals surface area contributed by atoms with Gasteiger partial charge in [-0.3, -0.25) is 0 Å². The van der Waals surface area contributed by atoms with E-state index >= 15 is 0 Å². The second-order valence-corrected chi connectivity index (χ2v) is 5.06. The third-order valence-electron chi connectivity index (χ3n) is 3.64. The molecule has 16 heavy (non-hydrogen) atoms. The molecule has 0 amide bonds. The maximum absolute atomic E-state index is 6.29. The van der Waals surface area contributed by atoms with Crippen LogP contribution in [-0.2, 0) is 0 Å². The Bertz CT molecular complexity index is 319. The van der Waals surface area contributed by atoms with E-state index in [4.69, 9.17) is 5.73 Å². The topological polar surface area (TPSA) is 29.3 Å². The van der Waals surface area contributed by atoms with Crippen molar-refractivity contribution in [2.45, 2.75) is 31.8 Å². The van der Waals surface area contributed by atoms with Gasteiger partial charge in [0, 0.05) is 18.6 Å². The first kappa shape index (κ1) is 11.6. The van der Waals surface area contributed by atoms with Gasteiger partial charge in [-0.15, -0.1) is 0 Å². The lowest BCUT2D eigenvalue weighted by Gasteiger charge is -2.30. The van der Waals surface area contributed by atoms with E-state index in [2.05, 4.69) is 43.1 Å². The fraction of sp³-hybridized carbons (Fsp3) is 0.571. The summed E-state index contributed by atoms with van der Waals surface area (Å²) in [5, 5.41) is 0. The highest BCUT2D eigenvalue weighted by molar-refractivity contribution is 5.19. The van der Waals surface area contributed by atoms with E-state index in [0.29, 0.717) is 6.04 Å². The number of hydrogen-bond acceptors (Lipinski definition) is 2. The van der Waals surface area contributed by atoms with Gasteiger partial charge in [0.15, 0.2) is 0 Å². The average Bonchev–Trinajstić information content (AvgIpc) is 3.12. The van der Waals surface area contributed by atoms with E-state index in [1.807, 2.05) is 6.07 Å². The Morgan fingerprint density at radius 3 is 2.50 bits per heavy atom. The van der Waals surface area contributed by atoms with Gasteiger partial charge in [-0.2, -0.15) is 0 Å². The summed E-state index contributed by atoms with van der Waals surface area (Å²) < 4.78 is 0. The molecule has 0 aromatic heterocycles. The van der Waals surface area contributed by atoms with Gasteiger partial charge < -0.3 is 10.6 Å². The summed E-state index contributed by atoms with van der Waals surface area (Å²) in [5.41, 5.74) is 7.53. The molecule has 2 heteroatoms. The van der Waals surface area contributed by atoms with Crippen LogP contribution in [0.5, 0.6) is 0 Å². The number of hydrogen-bond donors (Lipinski definition) is 1. The van der Waals surface area contributed by atoms with Crippen molar-refractivity contribution < 1.29 is 0 Å². The zero-order chi connectivity index (χ0) is 11.5. The Labute approximate surface area is 98.4 Å². The van der Waals surface area contributed by atoms with Crippen LogP contribution in [0.15, 0.2) is 30.3 Å². The van der Waals surface area contributed by atoms with Crippen molar-refractivity contribution in [3.05, 3.63) is 35.9 Å². The highest BCUT2D eigenvalue weighted by Crippen LogP contribution is 2.30. The van der Waals surface area contributed by atoms with Gasteiger partial charge >= 0.3 is 0 Å². The molecule has 1 aromatic carbocycles. The summed E-state index contributed by atoms with van der Waals surface area (Å²) in [6.07, 6.45) is 2.80. The third-order valence-corrected chi connectivity index (χ3v) is 3.64. The van der Waals surface area contributed by atoms with Crippen molar-refractivity contribution in [3.8, 4) is 0 Å². The fourth-order valence-corrected chi connectivity index (χ4v) is 2.10. The van der Waals surface area contributed by atoms with Crippen LogP contribution in [0.2, 0.25) is 0 Å². The molecular formula is C14H22N2. The molecule has 0 aliphatic heterocycles. The Morgan fingerprint density at radius 2 is 1.94 bits per heavy atom. The number of benzene rings is 1. The molecule has 1 aliphatic carbocycles. The second kappa shape index (κ2) is 4.98. The largest absolute Gasteiger partial charge is 0.323 e. The van der Waals surface area contributed by atoms with Gasteiger partial charge in [-0.1, -0.05) is 30.3 Å². The first-order valence-corrected chi connectivity index (χ1v) is 6.19. The minimum atomic E-state index is 0.116. The van der Waals surface area contributed by atoms with Crippen LogP contribution in [-0.4, -0.2) is 24.5 Å². The summed E-state index contributed by atoms with van der Waals surface area (Å²) in [6, 6.07) is 10.9. The van der Waals surface area contributed by atoms with E-state index in [9.17, 15) is 0 Å². The summed E-state index contributed by atoms with van der Waals surface area (Å²) >= 11 is 0. The number of nitrogens with zero attached hydrogens (tertiary/aromatic N) is 1. The maximum atomic E-state index is 6.29. The predicted octanol–water partition coefficient (Wildman–Crippen LogP) is 2.42. The SMILES string of the molecule is CC(C(N)c1ccccc1)N(C)CC1CC1. The summed E-state index contributed by atoms with van der Waals surface area (Å²) in [4.78, 5) is 2.40. The third kappa shape index (κ3) is 2.83. The van der Waals surface area contributed by atoms with Crippen LogP contribution < -0.4 is 5.73 Å². The molecule has 1 aliphatic rings. The second-order valence-electron chi connectivity index (χ2n) is 5.06. The van der Waals surface area contributed by atoms with Crippen LogP contribution in [0.25, 0.3) is 0 Å². The molecule has 1 saturated carbocycles. The van der Waals surface area contributed by atoms with Crippen molar-refractivity contribution >= 4 is 0 Å². The molecule has 0 bridgehead atoms. The Hall–Kier alpha value is -0.860. The molecule has 0 radical (unpaired) electrons. The van der Waals surface area contributed by atoms with Gasteiger partial charge in [0.2, 0.25) is 0 Å². The monoisotopic (exact) mass is 218 g/mol. The zero-order valence-corrected chi connectivity index (χ0v) is 10.3. The van der Waals surface area contributed by atoms with Crippen molar-refractivity contribution in [2.75, 3.05) is 13.6 Å². The van der Waals surface area contributed by atoms with Crippen molar-refractivity contribution in [2.24, 2.45) is 11.7 Å². The van der Waals surface area contributed by atoms with Gasteiger partial charge in [0.1, 0.15) is 0 Å². The van der Waals surface area contributed by atoms with Gasteiger partial charge in [-0.25, -0.2) is 0 Å². The molecule has 2 unspecified atom stereocenters. The smallest absolute Gasteiger partial charge is 0.0450 e. The molecule has 1 fully saturated rings. The minimum Gasteiger partial charge on any atom is -0.323 e. The van der Waals surface area contributed by atoms with Gasteiger partial charge in [0.05, 0.1) is 0 Å². The van der Waals surface area contributed by atoms with E-state index in [-0.39, 0.29) is 6.04 Å². The summed E-state index contributed by atoms with van der Waals surface area (Å²) in [7, 11) is 2.19. The highest BCUT2D eigenvalue weighted by atomic mass is 15.1. The molecule has 2 N–H and O–H groups in total. The fourth-order valence-electron chi connectivity index (χ4n) is 2.10. The van der Waals surface area contributed by atoms with E-state index in [1.54, 1.807) is 0 Å². The van der Waals surface area contributed by atoms with Crippen LogP contribution in [0.3, 0.4) is 0 Å². The number of rotatable bonds is 5. The molecule has 2 rings (SSSR count). The molecule has 0 saturated heterocycles. The zero-order valence-electron chi connectivity index (χ0n) is 10.3. The van der Waals surface area contributed by atoms with Crippen LogP contribution in [0.4, 0.5) is 0 Å². The van der Waals surface area contributed by atoms with E-state index in [0.717, 1.165) is 5.92 Å². The van der Waals surface area contributed by atoms with E-state index in [1.165, 1.54) is 24.9 Å².